The van der Waals surface area contributed by atoms with Crippen molar-refractivity contribution in [2.75, 3.05) is 0 Å². The van der Waals surface area contributed by atoms with Gasteiger partial charge in [0.1, 0.15) is 0 Å². The van der Waals surface area contributed by atoms with Crippen molar-refractivity contribution < 1.29 is 18.9 Å². The minimum Gasteiger partial charge on any atom is -0.326 e. The summed E-state index contributed by atoms with van der Waals surface area (Å²) < 4.78 is 6.69. The van der Waals surface area contributed by atoms with Crippen LogP contribution in [0.25, 0.3) is 0 Å². The summed E-state index contributed by atoms with van der Waals surface area (Å²) in [7, 11) is -2.26. The molecule has 2 N–H and O–H groups in total. The van der Waals surface area contributed by atoms with E-state index >= 15 is 0 Å². The molecule has 0 aliphatic rings. The van der Waals surface area contributed by atoms with Gasteiger partial charge in [-0.3, -0.25) is 0 Å². The predicted molar refractivity (Wildman–Crippen MR) is 19.8 cm³/mol. The van der Waals surface area contributed by atoms with Gasteiger partial charge >= 0.3 is 8.60 Å². The lowest BCUT2D eigenvalue weighted by molar-refractivity contribution is -0.144. The zero-order valence-electron chi connectivity index (χ0n) is 2.54. The normalized spacial score (nSPS) is 14.5. The highest BCUT2D eigenvalue weighted by Gasteiger charge is 2.00. The highest BCUT2D eigenvalue weighted by Crippen LogP contribution is 2.31. The summed E-state index contributed by atoms with van der Waals surface area (Å²) in [6, 6.07) is 0. The van der Waals surface area contributed by atoms with Gasteiger partial charge in [-0.15, -0.1) is 0 Å². The van der Waals surface area contributed by atoms with Crippen molar-refractivity contribution in [1.29, 1.82) is 0 Å². The Morgan fingerprint density at radius 2 is 2.17 bits per heavy atom. The molecule has 0 bridgehead atoms. The number of hydrogen-bond acceptors (Lipinski definition) is 4. The van der Waals surface area contributed by atoms with E-state index in [9.17, 15) is 0 Å². The van der Waals surface area contributed by atoms with Crippen molar-refractivity contribution >= 4 is 20.5 Å². The lowest BCUT2D eigenvalue weighted by atomic mass is 15.0. The van der Waals surface area contributed by atoms with Gasteiger partial charge in [0.15, 0.2) is 0 Å². The van der Waals surface area contributed by atoms with Gasteiger partial charge in [-0.1, -0.05) is 0 Å². The summed E-state index contributed by atoms with van der Waals surface area (Å²) >= 11 is 4.45. The third kappa shape index (κ3) is 2.78. The molecule has 0 spiro atoms. The van der Waals surface area contributed by atoms with Gasteiger partial charge in [-0.05, 0) is 0 Å². The molecule has 0 aromatic heterocycles. The van der Waals surface area contributed by atoms with E-state index in [0.717, 1.165) is 0 Å². The van der Waals surface area contributed by atoms with E-state index in [1.54, 1.807) is 0 Å². The van der Waals surface area contributed by atoms with Gasteiger partial charge < -0.3 is 4.89 Å². The van der Waals surface area contributed by atoms with E-state index in [4.69, 9.17) is 10.2 Å². The molecular weight excluding hydrogens is 130 g/mol. The van der Waals surface area contributed by atoms with Crippen LogP contribution in [-0.2, 0) is 8.75 Å². The molecule has 38 valence electrons. The summed E-state index contributed by atoms with van der Waals surface area (Å²) in [5.41, 5.74) is 0. The lowest BCUT2D eigenvalue weighted by Crippen LogP contribution is -1.71. The van der Waals surface area contributed by atoms with E-state index < -0.39 is 8.60 Å². The molecule has 6 heteroatoms. The van der Waals surface area contributed by atoms with Crippen LogP contribution in [0, 0.1) is 0 Å². The molecule has 1 unspecified atom stereocenters. The number of hydrogen-bond donors (Lipinski definition) is 2. The van der Waals surface area contributed by atoms with Gasteiger partial charge in [0, 0.05) is 0 Å². The van der Waals surface area contributed by atoms with E-state index in [1.807, 2.05) is 0 Å². The van der Waals surface area contributed by atoms with E-state index in [1.165, 1.54) is 0 Å². The molecule has 0 amide bonds. The van der Waals surface area contributed by atoms with Crippen molar-refractivity contribution in [3.8, 4) is 0 Å². The Morgan fingerprint density at radius 1 is 1.67 bits per heavy atom. The van der Waals surface area contributed by atoms with Crippen LogP contribution < -0.4 is 0 Å². The zero-order chi connectivity index (χ0) is 4.99. The first kappa shape index (κ1) is 6.56. The van der Waals surface area contributed by atoms with E-state index in [-0.39, 0.29) is 0 Å². The Labute approximate surface area is 40.4 Å². The average Bonchev–Trinajstić information content (AvgIpc) is 1.65. The van der Waals surface area contributed by atoms with Gasteiger partial charge in [0.2, 0.25) is 0 Å². The fraction of sp³-hybridized carbons (Fsp3) is 0. The SMILES string of the molecule is OOP(O)OCl. The Bertz CT molecular complexity index is 26.7. The van der Waals surface area contributed by atoms with Crippen LogP contribution in [0.2, 0.25) is 0 Å². The molecule has 0 aliphatic heterocycles. The molecule has 0 rings (SSSR count). The third-order valence-corrected chi connectivity index (χ3v) is 0.741. The molecule has 4 nitrogen and oxygen atoms in total. The first-order valence-electron chi connectivity index (χ1n) is 0.902. The van der Waals surface area contributed by atoms with Crippen LogP contribution in [-0.4, -0.2) is 10.2 Å². The third-order valence-electron chi connectivity index (χ3n) is 0.129. The fourth-order valence-corrected chi connectivity index (χ4v) is 0.113. The van der Waals surface area contributed by atoms with Crippen molar-refractivity contribution in [3.05, 3.63) is 0 Å². The molecule has 0 saturated heterocycles. The Morgan fingerprint density at radius 3 is 2.17 bits per heavy atom. The van der Waals surface area contributed by atoms with Crippen LogP contribution in [0.4, 0.5) is 0 Å². The largest absolute Gasteiger partial charge is 0.377 e. The van der Waals surface area contributed by atoms with Crippen LogP contribution >= 0.6 is 20.5 Å². The Hall–Kier alpha value is 0.560. The summed E-state index contributed by atoms with van der Waals surface area (Å²) in [5, 5.41) is 7.40. The summed E-state index contributed by atoms with van der Waals surface area (Å²) in [4.78, 5) is 7.91. The molecule has 1 atom stereocenters. The van der Waals surface area contributed by atoms with E-state index in [2.05, 4.69) is 20.6 Å². The summed E-state index contributed by atoms with van der Waals surface area (Å²) in [5.74, 6) is 0. The first-order valence-corrected chi connectivity index (χ1v) is 2.34. The minimum absolute atomic E-state index is 2.26. The van der Waals surface area contributed by atoms with Crippen LogP contribution in [0.1, 0.15) is 0 Å². The fourth-order valence-electron chi connectivity index (χ4n) is 0.0126. The van der Waals surface area contributed by atoms with Crippen LogP contribution in [0.15, 0.2) is 0 Å². The summed E-state index contributed by atoms with van der Waals surface area (Å²) in [6.45, 7) is 0. The Kier molecular flexibility index (Phi) is 4.09. The maximum atomic E-state index is 7.91. The molecule has 0 fully saturated rings. The second-order valence-electron chi connectivity index (χ2n) is 0.388. The maximum absolute atomic E-state index is 7.91. The number of rotatable bonds is 2. The highest BCUT2D eigenvalue weighted by molar-refractivity contribution is 7.41. The van der Waals surface area contributed by atoms with Gasteiger partial charge in [0.05, 0.1) is 11.9 Å². The van der Waals surface area contributed by atoms with E-state index in [0.29, 0.717) is 0 Å². The van der Waals surface area contributed by atoms with Gasteiger partial charge in [-0.25, -0.2) is 5.26 Å². The zero-order valence-corrected chi connectivity index (χ0v) is 4.19. The van der Waals surface area contributed by atoms with Crippen LogP contribution in [0.3, 0.4) is 0 Å². The van der Waals surface area contributed by atoms with Gasteiger partial charge in [0.25, 0.3) is 0 Å². The topological polar surface area (TPSA) is 58.9 Å². The first-order chi connectivity index (χ1) is 2.81. The smallest absolute Gasteiger partial charge is 0.326 e. The van der Waals surface area contributed by atoms with Gasteiger partial charge in [-0.2, -0.15) is 8.75 Å². The monoisotopic (exact) mass is 132 g/mol. The maximum Gasteiger partial charge on any atom is 0.377 e. The molecule has 0 aromatic rings. The van der Waals surface area contributed by atoms with Crippen molar-refractivity contribution in [1.82, 2.24) is 0 Å². The minimum atomic E-state index is -2.26. The second-order valence-corrected chi connectivity index (χ2v) is 1.58. The second kappa shape index (κ2) is 3.74. The quantitative estimate of drug-likeness (QED) is 0.332. The molecule has 0 aromatic carbocycles. The molecule has 0 saturated carbocycles. The summed E-state index contributed by atoms with van der Waals surface area (Å²) in [6.07, 6.45) is 0. The lowest BCUT2D eigenvalue weighted by Gasteiger charge is -1.92. The molecule has 0 heterocycles. The molecule has 0 aliphatic carbocycles. The predicted octanol–water partition coefficient (Wildman–Crippen LogP) is 0.866. The van der Waals surface area contributed by atoms with Crippen molar-refractivity contribution in [3.63, 3.8) is 0 Å². The highest BCUT2D eigenvalue weighted by atomic mass is 35.5. The van der Waals surface area contributed by atoms with Crippen molar-refractivity contribution in [2.45, 2.75) is 0 Å². The molecule has 0 radical (unpaired) electrons. The standard InChI is InChI=1S/ClH2O4P/c1-4-6(3)5-2/h2-3H. The molecule has 6 heavy (non-hydrogen) atoms. The number of halogens is 1. The van der Waals surface area contributed by atoms with Crippen molar-refractivity contribution in [2.24, 2.45) is 0 Å². The average molecular weight is 132 g/mol. The van der Waals surface area contributed by atoms with Crippen LogP contribution in [0.5, 0.6) is 0 Å². The Balaban J connectivity index is 2.75. The molecular formula is H2ClO4P.